The maximum Gasteiger partial charge on any atom is 0.0499 e. The van der Waals surface area contributed by atoms with Gasteiger partial charge < -0.3 is 0 Å². The van der Waals surface area contributed by atoms with Crippen molar-refractivity contribution in [1.82, 2.24) is 0 Å². The lowest BCUT2D eigenvalue weighted by molar-refractivity contribution is 1.76. The number of benzene rings is 3. The summed E-state index contributed by atoms with van der Waals surface area (Å²) in [5, 5.41) is 6.29. The van der Waals surface area contributed by atoms with Gasteiger partial charge in [-0.3, -0.25) is 0 Å². The molecule has 3 aromatic carbocycles. The average Bonchev–Trinajstić information content (AvgIpc) is 2.27. The van der Waals surface area contributed by atoms with Crippen LogP contribution in [0.4, 0.5) is 0 Å². The molecule has 0 N–H and O–H groups in total. The smallest absolute Gasteiger partial charge is 0.0499 e. The molecule has 84 valence electrons. The van der Waals surface area contributed by atoms with E-state index in [1.54, 1.807) is 6.07 Å². The molecule has 0 saturated carbocycles. The first kappa shape index (κ1) is 11.2. The summed E-state index contributed by atoms with van der Waals surface area (Å²) in [7, 11) is 0. The standard InChI is InChI=1S/C14H7Cl3/c15-9-2-4-11-8(5-9)1-3-12-13(11)6-10(16)7-14(12)17/h1-7H. The molecule has 3 heteroatoms. The van der Waals surface area contributed by atoms with E-state index in [-0.39, 0.29) is 0 Å². The average molecular weight is 282 g/mol. The van der Waals surface area contributed by atoms with Gasteiger partial charge in [0.2, 0.25) is 0 Å². The molecular formula is C14H7Cl3. The first-order valence-corrected chi connectivity index (χ1v) is 6.25. The predicted molar refractivity (Wildman–Crippen MR) is 76.5 cm³/mol. The van der Waals surface area contributed by atoms with Gasteiger partial charge in [0.05, 0.1) is 0 Å². The highest BCUT2D eigenvalue weighted by Gasteiger charge is 2.05. The van der Waals surface area contributed by atoms with Crippen molar-refractivity contribution in [2.45, 2.75) is 0 Å². The van der Waals surface area contributed by atoms with Gasteiger partial charge in [0, 0.05) is 20.5 Å². The lowest BCUT2D eigenvalue weighted by Gasteiger charge is -2.06. The predicted octanol–water partition coefficient (Wildman–Crippen LogP) is 5.95. The fraction of sp³-hybridized carbons (Fsp3) is 0. The van der Waals surface area contributed by atoms with E-state index in [1.807, 2.05) is 36.4 Å². The van der Waals surface area contributed by atoms with Gasteiger partial charge in [-0.1, -0.05) is 53.0 Å². The molecule has 0 unspecified atom stereocenters. The number of fused-ring (bicyclic) bond motifs is 3. The molecule has 0 amide bonds. The maximum atomic E-state index is 6.18. The van der Waals surface area contributed by atoms with E-state index < -0.39 is 0 Å². The summed E-state index contributed by atoms with van der Waals surface area (Å²) < 4.78 is 0. The molecule has 0 spiro atoms. The van der Waals surface area contributed by atoms with Gasteiger partial charge in [0.1, 0.15) is 0 Å². The third kappa shape index (κ3) is 1.87. The number of hydrogen-bond donors (Lipinski definition) is 0. The second-order valence-corrected chi connectivity index (χ2v) is 5.19. The van der Waals surface area contributed by atoms with Crippen LogP contribution in [-0.2, 0) is 0 Å². The second-order valence-electron chi connectivity index (χ2n) is 3.91. The molecule has 0 radical (unpaired) electrons. The second kappa shape index (κ2) is 4.06. The zero-order valence-electron chi connectivity index (χ0n) is 8.68. The first-order valence-electron chi connectivity index (χ1n) is 5.12. The maximum absolute atomic E-state index is 6.18. The summed E-state index contributed by atoms with van der Waals surface area (Å²) >= 11 is 18.2. The van der Waals surface area contributed by atoms with Crippen LogP contribution < -0.4 is 0 Å². The molecule has 0 bridgehead atoms. The van der Waals surface area contributed by atoms with Crippen LogP contribution in [0.2, 0.25) is 15.1 Å². The van der Waals surface area contributed by atoms with Crippen LogP contribution in [-0.4, -0.2) is 0 Å². The zero-order valence-corrected chi connectivity index (χ0v) is 10.9. The summed E-state index contributed by atoms with van der Waals surface area (Å²) in [6, 6.07) is 13.5. The Balaban J connectivity index is 2.55. The highest BCUT2D eigenvalue weighted by Crippen LogP contribution is 2.33. The van der Waals surface area contributed by atoms with Crippen molar-refractivity contribution in [3.05, 3.63) is 57.5 Å². The fourth-order valence-electron chi connectivity index (χ4n) is 2.07. The molecule has 0 atom stereocenters. The zero-order chi connectivity index (χ0) is 12.0. The molecule has 17 heavy (non-hydrogen) atoms. The molecule has 0 aliphatic heterocycles. The minimum Gasteiger partial charge on any atom is -0.0843 e. The molecule has 0 aliphatic carbocycles. The quantitative estimate of drug-likeness (QED) is 0.446. The van der Waals surface area contributed by atoms with E-state index in [2.05, 4.69) is 0 Å². The Morgan fingerprint density at radius 3 is 2.18 bits per heavy atom. The lowest BCUT2D eigenvalue weighted by Crippen LogP contribution is -1.79. The van der Waals surface area contributed by atoms with Gasteiger partial charge in [-0.05, 0) is 40.4 Å². The van der Waals surface area contributed by atoms with Crippen molar-refractivity contribution in [3.63, 3.8) is 0 Å². The van der Waals surface area contributed by atoms with E-state index in [0.717, 1.165) is 26.6 Å². The van der Waals surface area contributed by atoms with Crippen LogP contribution >= 0.6 is 34.8 Å². The van der Waals surface area contributed by atoms with E-state index >= 15 is 0 Å². The minimum atomic E-state index is 0.643. The van der Waals surface area contributed by atoms with Crippen LogP contribution in [0.25, 0.3) is 21.5 Å². The summed E-state index contributed by atoms with van der Waals surface area (Å²) in [5.74, 6) is 0. The Hall–Kier alpha value is -0.950. The summed E-state index contributed by atoms with van der Waals surface area (Å²) in [5.41, 5.74) is 0. The van der Waals surface area contributed by atoms with Crippen LogP contribution in [0.5, 0.6) is 0 Å². The Morgan fingerprint density at radius 1 is 0.588 bits per heavy atom. The first-order chi connectivity index (χ1) is 8.15. The van der Waals surface area contributed by atoms with E-state index in [9.17, 15) is 0 Å². The number of rotatable bonds is 0. The molecular weight excluding hydrogens is 275 g/mol. The van der Waals surface area contributed by atoms with Gasteiger partial charge in [0.25, 0.3) is 0 Å². The van der Waals surface area contributed by atoms with Crippen molar-refractivity contribution in [2.24, 2.45) is 0 Å². The Kier molecular flexibility index (Phi) is 2.67. The van der Waals surface area contributed by atoms with Crippen molar-refractivity contribution in [3.8, 4) is 0 Å². The highest BCUT2D eigenvalue weighted by molar-refractivity contribution is 6.39. The normalized spacial score (nSPS) is 11.2. The van der Waals surface area contributed by atoms with Crippen LogP contribution in [0.15, 0.2) is 42.5 Å². The molecule has 0 aliphatic rings. The van der Waals surface area contributed by atoms with Crippen LogP contribution in [0.3, 0.4) is 0 Å². The summed E-state index contributed by atoms with van der Waals surface area (Å²) in [6.07, 6.45) is 0. The van der Waals surface area contributed by atoms with Gasteiger partial charge in [-0.2, -0.15) is 0 Å². The van der Waals surface area contributed by atoms with E-state index in [1.165, 1.54) is 0 Å². The van der Waals surface area contributed by atoms with E-state index in [0.29, 0.717) is 10.0 Å². The highest BCUT2D eigenvalue weighted by atomic mass is 35.5. The molecule has 0 saturated heterocycles. The molecule has 0 nitrogen and oxygen atoms in total. The third-order valence-corrected chi connectivity index (χ3v) is 3.59. The van der Waals surface area contributed by atoms with Crippen LogP contribution in [0.1, 0.15) is 0 Å². The van der Waals surface area contributed by atoms with Gasteiger partial charge in [-0.15, -0.1) is 0 Å². The Morgan fingerprint density at radius 2 is 1.35 bits per heavy atom. The van der Waals surface area contributed by atoms with Crippen molar-refractivity contribution in [1.29, 1.82) is 0 Å². The lowest BCUT2D eigenvalue weighted by atomic mass is 10.0. The van der Waals surface area contributed by atoms with Crippen LogP contribution in [0, 0.1) is 0 Å². The number of hydrogen-bond acceptors (Lipinski definition) is 0. The van der Waals surface area contributed by atoms with Crippen molar-refractivity contribution in [2.75, 3.05) is 0 Å². The van der Waals surface area contributed by atoms with Gasteiger partial charge >= 0.3 is 0 Å². The Bertz CT molecular complexity index is 732. The summed E-state index contributed by atoms with van der Waals surface area (Å²) in [6.45, 7) is 0. The fourth-order valence-corrected chi connectivity index (χ4v) is 2.80. The third-order valence-electron chi connectivity index (χ3n) is 2.83. The van der Waals surface area contributed by atoms with Crippen molar-refractivity contribution < 1.29 is 0 Å². The molecule has 0 aromatic heterocycles. The molecule has 3 rings (SSSR count). The largest absolute Gasteiger partial charge is 0.0843 e. The van der Waals surface area contributed by atoms with E-state index in [4.69, 9.17) is 34.8 Å². The number of halogens is 3. The molecule has 0 heterocycles. The molecule has 3 aromatic rings. The van der Waals surface area contributed by atoms with Crippen molar-refractivity contribution >= 4 is 56.3 Å². The monoisotopic (exact) mass is 280 g/mol. The summed E-state index contributed by atoms with van der Waals surface area (Å²) in [4.78, 5) is 0. The topological polar surface area (TPSA) is 0 Å². The Labute approximate surface area is 114 Å². The SMILES string of the molecule is Clc1ccc2c(ccc3c(Cl)cc(Cl)cc32)c1. The van der Waals surface area contributed by atoms with Gasteiger partial charge in [0.15, 0.2) is 0 Å². The minimum absolute atomic E-state index is 0.643. The van der Waals surface area contributed by atoms with Gasteiger partial charge in [-0.25, -0.2) is 0 Å². The molecule has 0 fully saturated rings.